The van der Waals surface area contributed by atoms with E-state index < -0.39 is 10.8 Å². The molecule has 2 heterocycles. The van der Waals surface area contributed by atoms with Crippen LogP contribution in [0.15, 0.2) is 0 Å². The molecule has 0 aromatic heterocycles. The van der Waals surface area contributed by atoms with E-state index in [1.807, 2.05) is 0 Å². The largest absolute Gasteiger partial charge is 0.465 e. The maximum atomic E-state index is 13.1. The Labute approximate surface area is 174 Å². The van der Waals surface area contributed by atoms with E-state index in [2.05, 4.69) is 0 Å². The van der Waals surface area contributed by atoms with Crippen LogP contribution >= 0.6 is 0 Å². The summed E-state index contributed by atoms with van der Waals surface area (Å²) >= 11 is 0. The van der Waals surface area contributed by atoms with E-state index in [9.17, 15) is 19.2 Å². The Morgan fingerprint density at radius 2 is 1.23 bits per heavy atom. The number of esters is 4. The van der Waals surface area contributed by atoms with Gasteiger partial charge in [-0.1, -0.05) is 0 Å². The smallest absolute Gasteiger partial charge is 0.312 e. The van der Waals surface area contributed by atoms with Crippen molar-refractivity contribution in [2.45, 2.75) is 51.4 Å². The highest BCUT2D eigenvalue weighted by molar-refractivity contribution is 5.83. The van der Waals surface area contributed by atoms with Crippen LogP contribution in [0.1, 0.15) is 51.4 Å². The lowest BCUT2D eigenvalue weighted by molar-refractivity contribution is -0.195. The maximum absolute atomic E-state index is 13.1. The first-order valence-corrected chi connectivity index (χ1v) is 11.1. The number of carbonyl (C=O) groups excluding carboxylic acids is 4. The van der Waals surface area contributed by atoms with Crippen LogP contribution in [0.3, 0.4) is 0 Å². The summed E-state index contributed by atoms with van der Waals surface area (Å²) in [6, 6.07) is 0. The van der Waals surface area contributed by atoms with Gasteiger partial charge in [-0.3, -0.25) is 19.2 Å². The van der Waals surface area contributed by atoms with Gasteiger partial charge in [-0.15, -0.1) is 0 Å². The molecular weight excluding hydrogens is 392 g/mol. The molecule has 4 bridgehead atoms. The summed E-state index contributed by atoms with van der Waals surface area (Å²) in [5, 5.41) is 0. The predicted molar refractivity (Wildman–Crippen MR) is 99.6 cm³/mol. The van der Waals surface area contributed by atoms with E-state index in [1.165, 1.54) is 0 Å². The quantitative estimate of drug-likeness (QED) is 0.473. The number of hydrogen-bond donors (Lipinski definition) is 0. The van der Waals surface area contributed by atoms with Gasteiger partial charge in [-0.2, -0.15) is 0 Å². The molecule has 164 valence electrons. The third kappa shape index (κ3) is 3.28. The van der Waals surface area contributed by atoms with Gasteiger partial charge in [0.2, 0.25) is 0 Å². The molecule has 8 nitrogen and oxygen atoms in total. The Kier molecular flexibility index (Phi) is 4.78. The third-order valence-electron chi connectivity index (χ3n) is 7.85. The predicted octanol–water partition coefficient (Wildman–Crippen LogP) is 1.79. The Balaban J connectivity index is 1.27. The van der Waals surface area contributed by atoms with Crippen LogP contribution in [0, 0.1) is 34.5 Å². The zero-order valence-corrected chi connectivity index (χ0v) is 17.1. The Bertz CT molecular complexity index is 699. The molecule has 0 N–H and O–H groups in total. The summed E-state index contributed by atoms with van der Waals surface area (Å²) in [6.07, 6.45) is 5.57. The fourth-order valence-corrected chi connectivity index (χ4v) is 6.78. The van der Waals surface area contributed by atoms with E-state index in [-0.39, 0.29) is 48.9 Å². The first kappa shape index (κ1) is 19.8. The van der Waals surface area contributed by atoms with E-state index in [4.69, 9.17) is 18.9 Å². The van der Waals surface area contributed by atoms with Crippen LogP contribution in [-0.2, 0) is 38.1 Å². The standard InChI is InChI=1S/C22H28O8/c23-17-15(1-3-27-17)10-29-19(25)21-6-13-5-14(7-21)9-22(8-13,12-21)20(26)30-11-16-2-4-28-18(16)24/h13-16H,1-12H2. The van der Waals surface area contributed by atoms with E-state index in [0.717, 1.165) is 32.1 Å². The minimum absolute atomic E-state index is 0.0516. The number of rotatable bonds is 6. The second-order valence-corrected chi connectivity index (χ2v) is 10.0. The van der Waals surface area contributed by atoms with Crippen LogP contribution in [0.5, 0.6) is 0 Å². The molecule has 0 amide bonds. The molecule has 0 aromatic rings. The highest BCUT2D eigenvalue weighted by Gasteiger charge is 2.64. The first-order chi connectivity index (χ1) is 14.4. The van der Waals surface area contributed by atoms with Gasteiger partial charge in [-0.25, -0.2) is 0 Å². The topological polar surface area (TPSA) is 105 Å². The molecule has 4 saturated carbocycles. The summed E-state index contributed by atoms with van der Waals surface area (Å²) in [7, 11) is 0. The number of hydrogen-bond acceptors (Lipinski definition) is 8. The molecule has 4 aliphatic carbocycles. The second kappa shape index (κ2) is 7.24. The van der Waals surface area contributed by atoms with Crippen LogP contribution in [-0.4, -0.2) is 50.3 Å². The lowest BCUT2D eigenvalue weighted by atomic mass is 9.44. The maximum Gasteiger partial charge on any atom is 0.312 e. The minimum Gasteiger partial charge on any atom is -0.465 e. The van der Waals surface area contributed by atoms with Crippen LogP contribution in [0.2, 0.25) is 0 Å². The van der Waals surface area contributed by atoms with Crippen molar-refractivity contribution < 1.29 is 38.1 Å². The van der Waals surface area contributed by atoms with E-state index in [0.29, 0.717) is 44.3 Å². The zero-order valence-electron chi connectivity index (χ0n) is 17.1. The Morgan fingerprint density at radius 3 is 1.60 bits per heavy atom. The first-order valence-electron chi connectivity index (χ1n) is 11.1. The Hall–Kier alpha value is -2.12. The van der Waals surface area contributed by atoms with Crippen molar-refractivity contribution in [1.29, 1.82) is 0 Å². The van der Waals surface area contributed by atoms with Crippen molar-refractivity contribution in [3.63, 3.8) is 0 Å². The lowest BCUT2D eigenvalue weighted by Crippen LogP contribution is -2.58. The van der Waals surface area contributed by atoms with Crippen LogP contribution < -0.4 is 0 Å². The van der Waals surface area contributed by atoms with Crippen LogP contribution in [0.4, 0.5) is 0 Å². The third-order valence-corrected chi connectivity index (χ3v) is 7.85. The Morgan fingerprint density at radius 1 is 0.800 bits per heavy atom. The van der Waals surface area contributed by atoms with Crippen LogP contribution in [0.25, 0.3) is 0 Å². The van der Waals surface area contributed by atoms with Crippen molar-refractivity contribution in [3.05, 3.63) is 0 Å². The average Bonchev–Trinajstić information content (AvgIpc) is 3.30. The van der Waals surface area contributed by atoms with E-state index >= 15 is 0 Å². The van der Waals surface area contributed by atoms with E-state index in [1.54, 1.807) is 0 Å². The van der Waals surface area contributed by atoms with Crippen molar-refractivity contribution in [2.24, 2.45) is 34.5 Å². The molecular formula is C22H28O8. The van der Waals surface area contributed by atoms with Gasteiger partial charge in [-0.05, 0) is 63.2 Å². The minimum atomic E-state index is -0.669. The summed E-state index contributed by atoms with van der Waals surface area (Å²) in [5.74, 6) is -1.34. The van der Waals surface area contributed by atoms with Crippen molar-refractivity contribution in [3.8, 4) is 0 Å². The highest BCUT2D eigenvalue weighted by Crippen LogP contribution is 2.66. The number of ether oxygens (including phenoxy) is 4. The van der Waals surface area contributed by atoms with Crippen molar-refractivity contribution >= 4 is 23.9 Å². The van der Waals surface area contributed by atoms with Gasteiger partial charge in [0.15, 0.2) is 0 Å². The van der Waals surface area contributed by atoms with Gasteiger partial charge in [0.25, 0.3) is 0 Å². The molecule has 2 aliphatic heterocycles. The van der Waals surface area contributed by atoms with Crippen molar-refractivity contribution in [1.82, 2.24) is 0 Å². The molecule has 0 radical (unpaired) electrons. The van der Waals surface area contributed by atoms with Crippen molar-refractivity contribution in [2.75, 3.05) is 26.4 Å². The summed E-state index contributed by atoms with van der Waals surface area (Å²) in [4.78, 5) is 49.6. The molecule has 2 unspecified atom stereocenters. The fraction of sp³-hybridized carbons (Fsp3) is 0.818. The number of carbonyl (C=O) groups is 4. The summed E-state index contributed by atoms with van der Waals surface area (Å²) < 4.78 is 21.1. The van der Waals surface area contributed by atoms with Gasteiger partial charge in [0.05, 0.1) is 35.9 Å². The summed E-state index contributed by atoms with van der Waals surface area (Å²) in [5.41, 5.74) is -1.34. The average molecular weight is 420 g/mol. The fourth-order valence-electron chi connectivity index (χ4n) is 6.78. The monoisotopic (exact) mass is 420 g/mol. The highest BCUT2D eigenvalue weighted by atomic mass is 16.6. The SMILES string of the molecule is O=C1OCCC1COC(=O)C12CC3CC(C1)CC(C(=O)OCC1CCOC1=O)(C3)C2. The molecule has 2 atom stereocenters. The molecule has 0 spiro atoms. The van der Waals surface area contributed by atoms with Gasteiger partial charge >= 0.3 is 23.9 Å². The van der Waals surface area contributed by atoms with Gasteiger partial charge in [0, 0.05) is 0 Å². The number of cyclic esters (lactones) is 2. The molecule has 2 saturated heterocycles. The molecule has 6 rings (SSSR count). The zero-order chi connectivity index (χ0) is 20.9. The molecule has 6 fully saturated rings. The summed E-state index contributed by atoms with van der Waals surface area (Å²) in [6.45, 7) is 0.853. The molecule has 0 aromatic carbocycles. The normalized spacial score (nSPS) is 41.5. The molecule has 8 heteroatoms. The van der Waals surface area contributed by atoms with Gasteiger partial charge < -0.3 is 18.9 Å². The molecule has 30 heavy (non-hydrogen) atoms. The second-order valence-electron chi connectivity index (χ2n) is 10.0. The molecule has 6 aliphatic rings. The van der Waals surface area contributed by atoms with Gasteiger partial charge in [0.1, 0.15) is 13.2 Å². The lowest BCUT2D eigenvalue weighted by Gasteiger charge is -2.59.